The first-order chi connectivity index (χ1) is 9.31. The fourth-order valence-corrected chi connectivity index (χ4v) is 1.98. The predicted octanol–water partition coefficient (Wildman–Crippen LogP) is 1.26. The molecule has 0 unspecified atom stereocenters. The molecule has 2 heterocycles. The molecule has 1 N–H and O–H groups in total. The predicted molar refractivity (Wildman–Crippen MR) is 69.4 cm³/mol. The van der Waals surface area contributed by atoms with Gasteiger partial charge in [0.15, 0.2) is 0 Å². The number of aromatic nitrogens is 2. The largest absolute Gasteiger partial charge is 0.493 e. The number of rotatable bonds is 5. The first-order valence-electron chi connectivity index (χ1n) is 6.23. The average molecular weight is 260 g/mol. The lowest BCUT2D eigenvalue weighted by Crippen LogP contribution is -2.49. The molecule has 5 nitrogen and oxygen atoms in total. The van der Waals surface area contributed by atoms with Crippen LogP contribution in [0.4, 0.5) is 0 Å². The highest BCUT2D eigenvalue weighted by Gasteiger charge is 2.39. The van der Waals surface area contributed by atoms with Gasteiger partial charge in [0.05, 0.1) is 30.9 Å². The van der Waals surface area contributed by atoms with Crippen molar-refractivity contribution < 1.29 is 14.6 Å². The maximum absolute atomic E-state index is 9.35. The molecule has 0 amide bonds. The van der Waals surface area contributed by atoms with Crippen molar-refractivity contribution in [1.29, 1.82) is 0 Å². The van der Waals surface area contributed by atoms with Crippen molar-refractivity contribution >= 4 is 0 Å². The van der Waals surface area contributed by atoms with Gasteiger partial charge in [-0.25, -0.2) is 4.68 Å². The van der Waals surface area contributed by atoms with E-state index in [4.69, 9.17) is 9.47 Å². The average Bonchev–Trinajstić information content (AvgIpc) is 2.92. The van der Waals surface area contributed by atoms with Crippen LogP contribution in [0.1, 0.15) is 0 Å². The van der Waals surface area contributed by atoms with Crippen LogP contribution in [0, 0.1) is 5.41 Å². The molecule has 1 aromatic heterocycles. The highest BCUT2D eigenvalue weighted by Crippen LogP contribution is 2.28. The molecule has 100 valence electrons. The summed E-state index contributed by atoms with van der Waals surface area (Å²) in [7, 11) is 0. The quantitative estimate of drug-likeness (QED) is 0.879. The molecule has 1 aliphatic heterocycles. The third kappa shape index (κ3) is 2.47. The van der Waals surface area contributed by atoms with Gasteiger partial charge in [-0.2, -0.15) is 5.10 Å². The van der Waals surface area contributed by atoms with Crippen LogP contribution in [0.2, 0.25) is 0 Å². The van der Waals surface area contributed by atoms with E-state index >= 15 is 0 Å². The van der Waals surface area contributed by atoms with Crippen LogP contribution >= 0.6 is 0 Å². The normalized spacial score (nSPS) is 16.9. The van der Waals surface area contributed by atoms with Crippen molar-refractivity contribution in [2.24, 2.45) is 5.41 Å². The van der Waals surface area contributed by atoms with E-state index in [1.54, 1.807) is 10.9 Å². The Hall–Kier alpha value is -1.85. The minimum atomic E-state index is -0.234. The molecule has 3 rings (SSSR count). The molecule has 0 radical (unpaired) electrons. The maximum Gasteiger partial charge on any atom is 0.121 e. The van der Waals surface area contributed by atoms with Crippen LogP contribution < -0.4 is 4.74 Å². The summed E-state index contributed by atoms with van der Waals surface area (Å²) in [5, 5.41) is 13.5. The van der Waals surface area contributed by atoms with Gasteiger partial charge in [0.2, 0.25) is 0 Å². The first kappa shape index (κ1) is 12.2. The fourth-order valence-electron chi connectivity index (χ4n) is 1.98. The van der Waals surface area contributed by atoms with Gasteiger partial charge in [-0.1, -0.05) is 6.07 Å². The summed E-state index contributed by atoms with van der Waals surface area (Å²) in [4.78, 5) is 0. The van der Waals surface area contributed by atoms with Crippen molar-refractivity contribution in [2.75, 3.05) is 26.4 Å². The SMILES string of the molecule is OCC1(COc2cccc(-n3cccn3)c2)COC1. The van der Waals surface area contributed by atoms with Gasteiger partial charge >= 0.3 is 0 Å². The molecule has 0 spiro atoms. The zero-order valence-electron chi connectivity index (χ0n) is 10.5. The molecule has 0 atom stereocenters. The van der Waals surface area contributed by atoms with Crippen LogP contribution in [-0.4, -0.2) is 41.3 Å². The first-order valence-corrected chi connectivity index (χ1v) is 6.23. The third-order valence-electron chi connectivity index (χ3n) is 3.28. The minimum Gasteiger partial charge on any atom is -0.493 e. The number of nitrogens with zero attached hydrogens (tertiary/aromatic N) is 2. The topological polar surface area (TPSA) is 56.5 Å². The Balaban J connectivity index is 1.70. The number of aliphatic hydroxyl groups is 1. The Bertz CT molecular complexity index is 530. The van der Waals surface area contributed by atoms with E-state index in [0.29, 0.717) is 19.8 Å². The summed E-state index contributed by atoms with van der Waals surface area (Å²) < 4.78 is 12.7. The molecule has 0 aliphatic carbocycles. The van der Waals surface area contributed by atoms with Crippen molar-refractivity contribution in [3.05, 3.63) is 42.7 Å². The number of ether oxygens (including phenoxy) is 2. The van der Waals surface area contributed by atoms with Crippen molar-refractivity contribution in [2.45, 2.75) is 0 Å². The van der Waals surface area contributed by atoms with Crippen LogP contribution in [-0.2, 0) is 4.74 Å². The molecule has 5 heteroatoms. The van der Waals surface area contributed by atoms with E-state index in [-0.39, 0.29) is 12.0 Å². The maximum atomic E-state index is 9.35. The lowest BCUT2D eigenvalue weighted by molar-refractivity contribution is -0.153. The van der Waals surface area contributed by atoms with Crippen LogP contribution in [0.25, 0.3) is 5.69 Å². The van der Waals surface area contributed by atoms with E-state index < -0.39 is 0 Å². The lowest BCUT2D eigenvalue weighted by atomic mass is 9.88. The zero-order valence-corrected chi connectivity index (χ0v) is 10.5. The second-order valence-corrected chi connectivity index (χ2v) is 4.89. The fraction of sp³-hybridized carbons (Fsp3) is 0.357. The van der Waals surface area contributed by atoms with Crippen molar-refractivity contribution in [3.63, 3.8) is 0 Å². The summed E-state index contributed by atoms with van der Waals surface area (Å²) in [6.07, 6.45) is 3.62. The van der Waals surface area contributed by atoms with Gasteiger partial charge < -0.3 is 14.6 Å². The summed E-state index contributed by atoms with van der Waals surface area (Å²) in [6.45, 7) is 1.67. The Morgan fingerprint density at radius 3 is 2.89 bits per heavy atom. The standard InChI is InChI=1S/C14H16N2O3/c17-8-14(9-18-10-14)11-19-13-4-1-3-12(7-13)16-6-2-5-15-16/h1-7,17H,8-11H2. The number of aliphatic hydroxyl groups excluding tert-OH is 1. The lowest BCUT2D eigenvalue weighted by Gasteiger charge is -2.39. The molecule has 0 bridgehead atoms. The zero-order chi connectivity index (χ0) is 13.1. The Labute approximate surface area is 111 Å². The van der Waals surface area contributed by atoms with Gasteiger partial charge in [0, 0.05) is 18.5 Å². The van der Waals surface area contributed by atoms with Crippen LogP contribution in [0.3, 0.4) is 0 Å². The monoisotopic (exact) mass is 260 g/mol. The van der Waals surface area contributed by atoms with Crippen LogP contribution in [0.15, 0.2) is 42.7 Å². The second-order valence-electron chi connectivity index (χ2n) is 4.89. The molecule has 19 heavy (non-hydrogen) atoms. The highest BCUT2D eigenvalue weighted by molar-refractivity contribution is 5.38. The van der Waals surface area contributed by atoms with E-state index in [1.807, 2.05) is 36.5 Å². The number of hydrogen-bond donors (Lipinski definition) is 1. The molecule has 1 aliphatic rings. The highest BCUT2D eigenvalue weighted by atomic mass is 16.5. The van der Waals surface area contributed by atoms with Crippen molar-refractivity contribution in [3.8, 4) is 11.4 Å². The summed E-state index contributed by atoms with van der Waals surface area (Å²) in [5.41, 5.74) is 0.715. The van der Waals surface area contributed by atoms with E-state index in [1.165, 1.54) is 0 Å². The molecule has 2 aromatic rings. The summed E-state index contributed by atoms with van der Waals surface area (Å²) in [6, 6.07) is 9.60. The molecular formula is C14H16N2O3. The Kier molecular flexibility index (Phi) is 3.23. The van der Waals surface area contributed by atoms with Gasteiger partial charge in [-0.3, -0.25) is 0 Å². The third-order valence-corrected chi connectivity index (χ3v) is 3.28. The molecule has 1 saturated heterocycles. The van der Waals surface area contributed by atoms with E-state index in [0.717, 1.165) is 11.4 Å². The van der Waals surface area contributed by atoms with E-state index in [2.05, 4.69) is 5.10 Å². The summed E-state index contributed by atoms with van der Waals surface area (Å²) in [5.74, 6) is 0.771. The number of benzene rings is 1. The van der Waals surface area contributed by atoms with Crippen LogP contribution in [0.5, 0.6) is 5.75 Å². The smallest absolute Gasteiger partial charge is 0.121 e. The number of hydrogen-bond acceptors (Lipinski definition) is 4. The second kappa shape index (κ2) is 5.03. The van der Waals surface area contributed by atoms with Gasteiger partial charge in [-0.15, -0.1) is 0 Å². The molecule has 1 fully saturated rings. The molecule has 0 saturated carbocycles. The van der Waals surface area contributed by atoms with Gasteiger partial charge in [0.25, 0.3) is 0 Å². The summed E-state index contributed by atoms with van der Waals surface area (Å²) >= 11 is 0. The Morgan fingerprint density at radius 1 is 1.37 bits per heavy atom. The molecular weight excluding hydrogens is 244 g/mol. The minimum absolute atomic E-state index is 0.0891. The van der Waals surface area contributed by atoms with Crippen molar-refractivity contribution in [1.82, 2.24) is 9.78 Å². The van der Waals surface area contributed by atoms with Gasteiger partial charge in [0.1, 0.15) is 12.4 Å². The van der Waals surface area contributed by atoms with E-state index in [9.17, 15) is 5.11 Å². The Morgan fingerprint density at radius 2 is 2.26 bits per heavy atom. The van der Waals surface area contributed by atoms with Gasteiger partial charge in [-0.05, 0) is 18.2 Å². The molecule has 1 aromatic carbocycles.